The number of thiophene rings is 1. The third kappa shape index (κ3) is 2.12. The Hall–Kier alpha value is -1.59. The monoisotopic (exact) mass is 302 g/mol. The average molecular weight is 302 g/mol. The molecule has 2 fully saturated rings. The number of carbonyl (C=O) groups excluding carboxylic acids is 1. The van der Waals surface area contributed by atoms with Gasteiger partial charge in [0.1, 0.15) is 0 Å². The zero-order valence-electron chi connectivity index (χ0n) is 11.7. The van der Waals surface area contributed by atoms with Gasteiger partial charge in [-0.25, -0.2) is 0 Å². The fourth-order valence-corrected chi connectivity index (χ4v) is 4.76. The van der Waals surface area contributed by atoms with Gasteiger partial charge in [0.05, 0.1) is 11.0 Å². The average Bonchev–Trinajstić information content (AvgIpc) is 2.97. The van der Waals surface area contributed by atoms with Gasteiger partial charge in [-0.1, -0.05) is 0 Å². The molecule has 3 N–H and O–H groups in total. The van der Waals surface area contributed by atoms with Gasteiger partial charge in [0, 0.05) is 22.5 Å². The van der Waals surface area contributed by atoms with Crippen LogP contribution in [0.4, 0.5) is 5.69 Å². The summed E-state index contributed by atoms with van der Waals surface area (Å²) in [6.07, 6.45) is 3.24. The molecule has 1 aromatic carbocycles. The maximum absolute atomic E-state index is 12.8. The number of anilines is 1. The van der Waals surface area contributed by atoms with Crippen molar-refractivity contribution in [1.82, 2.24) is 4.90 Å². The molecule has 21 heavy (non-hydrogen) atoms. The number of hydrogen-bond acceptors (Lipinski definition) is 4. The molecule has 2 aromatic rings. The Morgan fingerprint density at radius 3 is 2.67 bits per heavy atom. The van der Waals surface area contributed by atoms with Crippen LogP contribution in [0.25, 0.3) is 10.1 Å². The molecule has 0 aliphatic carbocycles. The van der Waals surface area contributed by atoms with Gasteiger partial charge in [-0.15, -0.1) is 11.3 Å². The van der Waals surface area contributed by atoms with E-state index in [4.69, 9.17) is 5.73 Å². The number of fused-ring (bicyclic) bond motifs is 3. The third-order valence-corrected chi connectivity index (χ3v) is 5.80. The van der Waals surface area contributed by atoms with Crippen molar-refractivity contribution in [3.05, 3.63) is 29.1 Å². The molecule has 1 amide bonds. The topological polar surface area (TPSA) is 66.6 Å². The Morgan fingerprint density at radius 1 is 1.24 bits per heavy atom. The summed E-state index contributed by atoms with van der Waals surface area (Å²) in [6.45, 7) is 0. The second-order valence-corrected chi connectivity index (χ2v) is 7.21. The number of aliphatic hydroxyl groups excluding tert-OH is 1. The molecule has 0 saturated carbocycles. The number of hydrogen-bond donors (Lipinski definition) is 2. The van der Waals surface area contributed by atoms with E-state index < -0.39 is 0 Å². The molecular formula is C16H18N2O2S. The largest absolute Gasteiger partial charge is 0.399 e. The van der Waals surface area contributed by atoms with E-state index in [9.17, 15) is 9.90 Å². The molecule has 2 saturated heterocycles. The van der Waals surface area contributed by atoms with E-state index in [0.29, 0.717) is 0 Å². The number of rotatable bonds is 1. The van der Waals surface area contributed by atoms with E-state index in [-0.39, 0.29) is 24.1 Å². The number of amides is 1. The van der Waals surface area contributed by atoms with Gasteiger partial charge >= 0.3 is 0 Å². The van der Waals surface area contributed by atoms with Crippen molar-refractivity contribution in [1.29, 1.82) is 0 Å². The fourth-order valence-electron chi connectivity index (χ4n) is 3.77. The van der Waals surface area contributed by atoms with E-state index >= 15 is 0 Å². The highest BCUT2D eigenvalue weighted by molar-refractivity contribution is 7.20. The molecule has 2 atom stereocenters. The summed E-state index contributed by atoms with van der Waals surface area (Å²) in [5.41, 5.74) is 6.53. The highest BCUT2D eigenvalue weighted by atomic mass is 32.1. The number of nitrogen functional groups attached to an aromatic ring is 1. The van der Waals surface area contributed by atoms with Gasteiger partial charge in [-0.3, -0.25) is 4.79 Å². The van der Waals surface area contributed by atoms with Crippen LogP contribution >= 0.6 is 11.3 Å². The van der Waals surface area contributed by atoms with Crippen molar-refractivity contribution >= 4 is 33.0 Å². The molecule has 5 heteroatoms. The summed E-state index contributed by atoms with van der Waals surface area (Å²) in [6, 6.07) is 8.12. The zero-order valence-corrected chi connectivity index (χ0v) is 12.5. The molecule has 1 aromatic heterocycles. The van der Waals surface area contributed by atoms with Crippen LogP contribution in [0.3, 0.4) is 0 Å². The van der Waals surface area contributed by atoms with Crippen LogP contribution in [-0.2, 0) is 0 Å². The molecule has 2 unspecified atom stereocenters. The van der Waals surface area contributed by atoms with E-state index in [1.807, 2.05) is 29.2 Å². The van der Waals surface area contributed by atoms with Gasteiger partial charge in [0.2, 0.25) is 0 Å². The van der Waals surface area contributed by atoms with E-state index in [2.05, 4.69) is 0 Å². The number of nitrogens with zero attached hydrogens (tertiary/aromatic N) is 1. The van der Waals surface area contributed by atoms with Crippen LogP contribution in [0.15, 0.2) is 24.3 Å². The van der Waals surface area contributed by atoms with E-state index in [1.54, 1.807) is 0 Å². The van der Waals surface area contributed by atoms with E-state index in [0.717, 1.165) is 46.3 Å². The molecule has 4 nitrogen and oxygen atoms in total. The van der Waals surface area contributed by atoms with Crippen molar-refractivity contribution in [3.63, 3.8) is 0 Å². The maximum Gasteiger partial charge on any atom is 0.264 e. The Bertz CT molecular complexity index is 697. The Balaban J connectivity index is 1.67. The number of benzene rings is 1. The number of piperidine rings is 1. The first kappa shape index (κ1) is 13.1. The van der Waals surface area contributed by atoms with Crippen molar-refractivity contribution in [2.75, 3.05) is 5.73 Å². The number of carbonyl (C=O) groups is 1. The minimum Gasteiger partial charge on any atom is -0.399 e. The van der Waals surface area contributed by atoms with Crippen LogP contribution in [0.2, 0.25) is 0 Å². The molecule has 3 heterocycles. The lowest BCUT2D eigenvalue weighted by Crippen LogP contribution is -2.47. The van der Waals surface area contributed by atoms with Crippen molar-refractivity contribution < 1.29 is 9.90 Å². The van der Waals surface area contributed by atoms with Gasteiger partial charge in [0.25, 0.3) is 5.91 Å². The fraction of sp³-hybridized carbons (Fsp3) is 0.438. The van der Waals surface area contributed by atoms with Crippen LogP contribution < -0.4 is 5.73 Å². The molecule has 110 valence electrons. The second-order valence-electron chi connectivity index (χ2n) is 6.13. The number of aliphatic hydroxyl groups is 1. The van der Waals surface area contributed by atoms with Crippen LogP contribution in [0.5, 0.6) is 0 Å². The van der Waals surface area contributed by atoms with Crippen LogP contribution in [0.1, 0.15) is 35.4 Å². The Labute approximate surface area is 127 Å². The lowest BCUT2D eigenvalue weighted by molar-refractivity contribution is 0.0290. The highest BCUT2D eigenvalue weighted by Crippen LogP contribution is 2.38. The standard InChI is InChI=1S/C16H18N2O2S/c17-10-1-4-14-9(5-10)6-15(21-14)16(20)18-11-2-3-12(18)8-13(19)7-11/h1,4-6,11-13,19H,2-3,7-8,17H2. The smallest absolute Gasteiger partial charge is 0.264 e. The number of nitrogens with two attached hydrogens (primary N) is 1. The van der Waals surface area contributed by atoms with Gasteiger partial charge in [-0.05, 0) is 55.3 Å². The summed E-state index contributed by atoms with van der Waals surface area (Å²) >= 11 is 1.53. The van der Waals surface area contributed by atoms with Crippen LogP contribution in [-0.4, -0.2) is 34.1 Å². The molecule has 2 aliphatic heterocycles. The molecule has 2 aliphatic rings. The van der Waals surface area contributed by atoms with Crippen molar-refractivity contribution in [2.24, 2.45) is 0 Å². The second kappa shape index (κ2) is 4.71. The molecule has 4 rings (SSSR count). The Kier molecular flexibility index (Phi) is 2.94. The minimum absolute atomic E-state index is 0.120. The summed E-state index contributed by atoms with van der Waals surface area (Å²) < 4.78 is 1.09. The third-order valence-electron chi connectivity index (χ3n) is 4.69. The maximum atomic E-state index is 12.8. The normalized spacial score (nSPS) is 28.2. The quantitative estimate of drug-likeness (QED) is 0.796. The van der Waals surface area contributed by atoms with E-state index in [1.165, 1.54) is 11.3 Å². The zero-order chi connectivity index (χ0) is 14.6. The van der Waals surface area contributed by atoms with Crippen molar-refractivity contribution in [2.45, 2.75) is 43.9 Å². The van der Waals surface area contributed by atoms with Crippen LogP contribution in [0, 0.1) is 0 Å². The first-order valence-corrected chi connectivity index (χ1v) is 8.23. The van der Waals surface area contributed by atoms with Crippen molar-refractivity contribution in [3.8, 4) is 0 Å². The predicted molar refractivity (Wildman–Crippen MR) is 84.5 cm³/mol. The summed E-state index contributed by atoms with van der Waals surface area (Å²) in [4.78, 5) is 15.6. The SMILES string of the molecule is Nc1ccc2sc(C(=O)N3C4CCC3CC(O)C4)cc2c1. The van der Waals surface area contributed by atoms with Gasteiger partial charge in [0.15, 0.2) is 0 Å². The molecule has 2 bridgehead atoms. The summed E-state index contributed by atoms with van der Waals surface area (Å²) in [7, 11) is 0. The highest BCUT2D eigenvalue weighted by Gasteiger charge is 2.43. The minimum atomic E-state index is -0.242. The first-order chi connectivity index (χ1) is 10.1. The molecular weight excluding hydrogens is 284 g/mol. The Morgan fingerprint density at radius 2 is 1.95 bits per heavy atom. The van der Waals surface area contributed by atoms with Gasteiger partial charge < -0.3 is 15.7 Å². The summed E-state index contributed by atoms with van der Waals surface area (Å²) in [5, 5.41) is 10.9. The summed E-state index contributed by atoms with van der Waals surface area (Å²) in [5.74, 6) is 0.120. The lowest BCUT2D eigenvalue weighted by atomic mass is 9.99. The first-order valence-electron chi connectivity index (χ1n) is 7.41. The molecule has 0 spiro atoms. The van der Waals surface area contributed by atoms with Gasteiger partial charge in [-0.2, -0.15) is 0 Å². The predicted octanol–water partition coefficient (Wildman–Crippen LogP) is 2.61. The lowest BCUT2D eigenvalue weighted by Gasteiger charge is -2.36. The molecule has 0 radical (unpaired) electrons.